The van der Waals surface area contributed by atoms with Gasteiger partial charge in [-0.25, -0.2) is 23.3 Å². The molecule has 1 heteroatoms. The van der Waals surface area contributed by atoms with Crippen molar-refractivity contribution >= 4 is 0 Å². The normalized spacial score (nSPS) is 18.3. The summed E-state index contributed by atoms with van der Waals surface area (Å²) in [4.78, 5) is 0. The molecule has 0 aromatic rings. The van der Waals surface area contributed by atoms with Gasteiger partial charge in [-0.05, 0) is 12.8 Å². The van der Waals surface area contributed by atoms with Crippen LogP contribution in [0.4, 0.5) is 0 Å². The van der Waals surface area contributed by atoms with Crippen LogP contribution in [-0.4, -0.2) is 0 Å². The van der Waals surface area contributed by atoms with Gasteiger partial charge in [0.05, 0.1) is 0 Å². The second-order valence-corrected chi connectivity index (χ2v) is 5.86. The maximum atomic E-state index is 3.35. The maximum absolute atomic E-state index is 3.35. The number of hydrogen-bond donors (Lipinski definition) is 0. The monoisotopic (exact) mass is 360 g/mol. The van der Waals surface area contributed by atoms with E-state index in [9.17, 15) is 0 Å². The van der Waals surface area contributed by atoms with Gasteiger partial charge in [0.1, 0.15) is 0 Å². The van der Waals surface area contributed by atoms with E-state index in [4.69, 9.17) is 0 Å². The van der Waals surface area contributed by atoms with Gasteiger partial charge in [0.15, 0.2) is 0 Å². The molecule has 2 aliphatic rings. The SMILES string of the molecule is CCCC(C)C1=[C-]CC=C1.CCCC(C)C1=[C-]CC=C1.[Zr+2]. The van der Waals surface area contributed by atoms with Gasteiger partial charge >= 0.3 is 26.2 Å². The first kappa shape index (κ1) is 20.8. The van der Waals surface area contributed by atoms with E-state index in [2.05, 4.69) is 64.2 Å². The molecule has 2 unspecified atom stereocenters. The Kier molecular flexibility index (Phi) is 12.3. The average Bonchev–Trinajstić information content (AvgIpc) is 3.14. The third kappa shape index (κ3) is 8.15. The van der Waals surface area contributed by atoms with Crippen LogP contribution in [-0.2, 0) is 26.2 Å². The van der Waals surface area contributed by atoms with Gasteiger partial charge in [0, 0.05) is 0 Å². The maximum Gasteiger partial charge on any atom is 2.00 e. The van der Waals surface area contributed by atoms with Gasteiger partial charge < -0.3 is 0 Å². The summed E-state index contributed by atoms with van der Waals surface area (Å²) in [5, 5.41) is 0. The Morgan fingerprint density at radius 1 is 0.857 bits per heavy atom. The van der Waals surface area contributed by atoms with E-state index < -0.39 is 0 Å². The van der Waals surface area contributed by atoms with Gasteiger partial charge in [-0.2, -0.15) is 12.2 Å². The summed E-state index contributed by atoms with van der Waals surface area (Å²) in [6.07, 6.45) is 22.7. The molecule has 0 amide bonds. The Morgan fingerprint density at radius 3 is 1.48 bits per heavy atom. The van der Waals surface area contributed by atoms with Crippen molar-refractivity contribution in [2.24, 2.45) is 11.8 Å². The van der Waals surface area contributed by atoms with Crippen molar-refractivity contribution in [2.45, 2.75) is 66.2 Å². The summed E-state index contributed by atoms with van der Waals surface area (Å²) >= 11 is 0. The van der Waals surface area contributed by atoms with Gasteiger partial charge in [-0.15, -0.1) is 12.8 Å². The van der Waals surface area contributed by atoms with E-state index in [1.807, 2.05) is 0 Å². The van der Waals surface area contributed by atoms with Crippen molar-refractivity contribution < 1.29 is 26.2 Å². The topological polar surface area (TPSA) is 0 Å². The van der Waals surface area contributed by atoms with E-state index in [0.717, 1.165) is 24.7 Å². The molecule has 0 N–H and O–H groups in total. The zero-order chi connectivity index (χ0) is 14.8. The molecule has 2 atom stereocenters. The van der Waals surface area contributed by atoms with Crippen LogP contribution in [0.15, 0.2) is 35.5 Å². The molecular formula is C20H30Zr. The van der Waals surface area contributed by atoms with Gasteiger partial charge in [0.25, 0.3) is 0 Å². The van der Waals surface area contributed by atoms with Crippen molar-refractivity contribution in [3.63, 3.8) is 0 Å². The van der Waals surface area contributed by atoms with E-state index in [1.165, 1.54) is 36.8 Å². The molecule has 2 aliphatic carbocycles. The molecular weight excluding hydrogens is 331 g/mol. The summed E-state index contributed by atoms with van der Waals surface area (Å²) in [6.45, 7) is 9.02. The van der Waals surface area contributed by atoms with Crippen molar-refractivity contribution in [1.82, 2.24) is 0 Å². The van der Waals surface area contributed by atoms with E-state index >= 15 is 0 Å². The summed E-state index contributed by atoms with van der Waals surface area (Å²) < 4.78 is 0. The zero-order valence-electron chi connectivity index (χ0n) is 14.2. The fourth-order valence-corrected chi connectivity index (χ4v) is 2.70. The minimum Gasteiger partial charge on any atom is -0.269 e. The van der Waals surface area contributed by atoms with Crippen LogP contribution in [0.5, 0.6) is 0 Å². The van der Waals surface area contributed by atoms with E-state index in [-0.39, 0.29) is 26.2 Å². The molecule has 0 aromatic carbocycles. The van der Waals surface area contributed by atoms with Gasteiger partial charge in [-0.3, -0.25) is 12.2 Å². The van der Waals surface area contributed by atoms with Gasteiger partial charge in [-0.1, -0.05) is 52.4 Å². The van der Waals surface area contributed by atoms with Crippen LogP contribution in [0.25, 0.3) is 0 Å². The average molecular weight is 362 g/mol. The van der Waals surface area contributed by atoms with Crippen LogP contribution in [0, 0.1) is 24.0 Å². The first-order chi connectivity index (χ1) is 9.69. The zero-order valence-corrected chi connectivity index (χ0v) is 16.7. The third-order valence-electron chi connectivity index (χ3n) is 3.95. The molecule has 0 bridgehead atoms. The molecule has 0 aromatic heterocycles. The molecule has 0 saturated heterocycles. The summed E-state index contributed by atoms with van der Waals surface area (Å²) in [6, 6.07) is 0. The summed E-state index contributed by atoms with van der Waals surface area (Å²) in [5.41, 5.74) is 2.84. The Hall–Kier alpha value is -0.157. The molecule has 114 valence electrons. The van der Waals surface area contributed by atoms with Crippen LogP contribution in [0.2, 0.25) is 0 Å². The van der Waals surface area contributed by atoms with Gasteiger partial charge in [0.2, 0.25) is 0 Å². The fourth-order valence-electron chi connectivity index (χ4n) is 2.70. The Bertz CT molecular complexity index is 347. The molecule has 0 fully saturated rings. The minimum absolute atomic E-state index is 0. The first-order valence-corrected chi connectivity index (χ1v) is 8.23. The molecule has 0 nitrogen and oxygen atoms in total. The van der Waals surface area contributed by atoms with Crippen LogP contribution in [0.1, 0.15) is 66.2 Å². The molecule has 0 heterocycles. The summed E-state index contributed by atoms with van der Waals surface area (Å²) in [7, 11) is 0. The van der Waals surface area contributed by atoms with E-state index in [1.54, 1.807) is 0 Å². The number of allylic oxidation sites excluding steroid dienone is 8. The molecule has 21 heavy (non-hydrogen) atoms. The van der Waals surface area contributed by atoms with Crippen LogP contribution < -0.4 is 0 Å². The molecule has 0 spiro atoms. The first-order valence-electron chi connectivity index (χ1n) is 8.23. The van der Waals surface area contributed by atoms with Crippen molar-refractivity contribution in [2.75, 3.05) is 0 Å². The van der Waals surface area contributed by atoms with E-state index in [0.29, 0.717) is 0 Å². The summed E-state index contributed by atoms with van der Waals surface area (Å²) in [5.74, 6) is 1.45. The molecule has 0 aliphatic heterocycles. The Morgan fingerprint density at radius 2 is 1.24 bits per heavy atom. The van der Waals surface area contributed by atoms with Crippen molar-refractivity contribution in [1.29, 1.82) is 0 Å². The Balaban J connectivity index is 0.000000364. The predicted molar refractivity (Wildman–Crippen MR) is 89.2 cm³/mol. The molecule has 0 saturated carbocycles. The predicted octanol–water partition coefficient (Wildman–Crippen LogP) is 6.22. The molecule has 0 radical (unpaired) electrons. The largest absolute Gasteiger partial charge is 2.00 e. The van der Waals surface area contributed by atoms with Crippen LogP contribution >= 0.6 is 0 Å². The smallest absolute Gasteiger partial charge is 0.269 e. The fraction of sp³-hybridized carbons (Fsp3) is 0.600. The number of hydrogen-bond acceptors (Lipinski definition) is 0. The van der Waals surface area contributed by atoms with Crippen LogP contribution in [0.3, 0.4) is 0 Å². The second-order valence-electron chi connectivity index (χ2n) is 5.86. The Labute approximate surface area is 151 Å². The second kappa shape index (κ2) is 12.4. The molecule has 2 rings (SSSR count). The van der Waals surface area contributed by atoms with Crippen molar-refractivity contribution in [3.8, 4) is 0 Å². The van der Waals surface area contributed by atoms with Crippen molar-refractivity contribution in [3.05, 3.63) is 47.6 Å². The minimum atomic E-state index is 0. The third-order valence-corrected chi connectivity index (χ3v) is 3.95. The number of rotatable bonds is 6. The quantitative estimate of drug-likeness (QED) is 0.492. The standard InChI is InChI=1S/2C10H15.Zr/c2*1-3-6-9(2)10-7-4-5-8-10;/h2*4,7,9H,3,5-6H2,1-2H3;/q2*-1;+2.